The van der Waals surface area contributed by atoms with Gasteiger partial charge in [-0.15, -0.1) is 0 Å². The molecule has 146 valence electrons. The lowest BCUT2D eigenvalue weighted by Gasteiger charge is -2.35. The Morgan fingerprint density at radius 2 is 1.54 bits per heavy atom. The predicted octanol–water partition coefficient (Wildman–Crippen LogP) is 3.59. The second-order valence-electron chi connectivity index (χ2n) is 7.53. The van der Waals surface area contributed by atoms with Crippen LogP contribution < -0.4 is 15.5 Å². The van der Waals surface area contributed by atoms with Gasteiger partial charge in [0.2, 0.25) is 17.7 Å². The number of aryl methyl sites for hydroxylation is 1. The predicted molar refractivity (Wildman–Crippen MR) is 110 cm³/mol. The molecule has 0 unspecified atom stereocenters. The van der Waals surface area contributed by atoms with Crippen LogP contribution in [0.3, 0.4) is 0 Å². The number of nitrogens with one attached hydrogen (secondary N) is 2. The fourth-order valence-electron chi connectivity index (χ4n) is 3.31. The van der Waals surface area contributed by atoms with Gasteiger partial charge in [0.1, 0.15) is 5.41 Å². The van der Waals surface area contributed by atoms with Crippen molar-refractivity contribution in [2.75, 3.05) is 22.1 Å². The Balaban J connectivity index is 1.74. The second-order valence-corrected chi connectivity index (χ2v) is 7.53. The van der Waals surface area contributed by atoms with Crippen molar-refractivity contribution in [1.82, 2.24) is 0 Å². The molecule has 0 aliphatic carbocycles. The van der Waals surface area contributed by atoms with Gasteiger partial charge in [-0.3, -0.25) is 14.4 Å². The molecule has 2 aromatic carbocycles. The molecule has 0 radical (unpaired) electrons. The first kappa shape index (κ1) is 19.6. The normalized spacial score (nSPS) is 13.5. The van der Waals surface area contributed by atoms with Gasteiger partial charge >= 0.3 is 0 Å². The minimum absolute atomic E-state index is 0.162. The first-order valence-corrected chi connectivity index (χ1v) is 9.38. The molecule has 0 spiro atoms. The third-order valence-corrected chi connectivity index (χ3v) is 4.92. The van der Waals surface area contributed by atoms with E-state index in [1.807, 2.05) is 24.3 Å². The lowest BCUT2D eigenvalue weighted by Crippen LogP contribution is -2.49. The maximum atomic E-state index is 13.2. The van der Waals surface area contributed by atoms with E-state index >= 15 is 0 Å². The number of hydrogen-bond acceptors (Lipinski definition) is 3. The zero-order valence-electron chi connectivity index (χ0n) is 16.4. The molecule has 0 saturated heterocycles. The number of amides is 3. The molecular weight excluding hydrogens is 354 g/mol. The Morgan fingerprint density at radius 3 is 2.18 bits per heavy atom. The first-order valence-electron chi connectivity index (χ1n) is 9.38. The fourth-order valence-corrected chi connectivity index (χ4v) is 3.31. The summed E-state index contributed by atoms with van der Waals surface area (Å²) >= 11 is 0. The summed E-state index contributed by atoms with van der Waals surface area (Å²) < 4.78 is 0. The number of nitrogens with zero attached hydrogens (tertiary/aromatic N) is 1. The summed E-state index contributed by atoms with van der Waals surface area (Å²) in [5, 5.41) is 5.48. The van der Waals surface area contributed by atoms with E-state index in [9.17, 15) is 14.4 Å². The summed E-state index contributed by atoms with van der Waals surface area (Å²) in [7, 11) is 0. The van der Waals surface area contributed by atoms with E-state index in [1.54, 1.807) is 43.0 Å². The number of rotatable bonds is 4. The number of fused-ring (bicyclic) bond motifs is 1. The van der Waals surface area contributed by atoms with Crippen LogP contribution in [0.25, 0.3) is 0 Å². The summed E-state index contributed by atoms with van der Waals surface area (Å²) in [6.07, 6.45) is 1.82. The van der Waals surface area contributed by atoms with E-state index in [1.165, 1.54) is 6.92 Å². The Labute approximate surface area is 164 Å². The van der Waals surface area contributed by atoms with E-state index in [-0.39, 0.29) is 17.7 Å². The van der Waals surface area contributed by atoms with Crippen LogP contribution >= 0.6 is 0 Å². The molecule has 6 heteroatoms. The van der Waals surface area contributed by atoms with E-state index in [2.05, 4.69) is 10.6 Å². The molecule has 1 heterocycles. The van der Waals surface area contributed by atoms with Crippen molar-refractivity contribution in [2.24, 2.45) is 5.41 Å². The molecule has 2 N–H and O–H groups in total. The summed E-state index contributed by atoms with van der Waals surface area (Å²) in [6.45, 7) is 5.33. The molecule has 2 aromatic rings. The summed E-state index contributed by atoms with van der Waals surface area (Å²) in [4.78, 5) is 38.9. The van der Waals surface area contributed by atoms with Gasteiger partial charge in [0, 0.05) is 30.5 Å². The average Bonchev–Trinajstić information content (AvgIpc) is 2.68. The molecule has 1 aliphatic rings. The van der Waals surface area contributed by atoms with Crippen molar-refractivity contribution in [3.8, 4) is 0 Å². The van der Waals surface area contributed by atoms with E-state index in [0.717, 1.165) is 24.1 Å². The molecule has 3 amide bonds. The van der Waals surface area contributed by atoms with Gasteiger partial charge in [0.05, 0.1) is 0 Å². The topological polar surface area (TPSA) is 78.5 Å². The zero-order chi connectivity index (χ0) is 20.3. The van der Waals surface area contributed by atoms with Gasteiger partial charge in [-0.05, 0) is 62.6 Å². The number of carbonyl (C=O) groups is 3. The molecule has 0 aromatic heterocycles. The second kappa shape index (κ2) is 7.84. The van der Waals surface area contributed by atoms with Crippen LogP contribution in [-0.4, -0.2) is 24.3 Å². The van der Waals surface area contributed by atoms with Gasteiger partial charge in [0.15, 0.2) is 0 Å². The smallest absolute Gasteiger partial charge is 0.242 e. The molecule has 6 nitrogen and oxygen atoms in total. The third-order valence-electron chi connectivity index (χ3n) is 4.92. The number of hydrogen-bond donors (Lipinski definition) is 2. The van der Waals surface area contributed by atoms with Crippen molar-refractivity contribution >= 4 is 34.8 Å². The van der Waals surface area contributed by atoms with Crippen LogP contribution in [0.1, 0.15) is 32.8 Å². The monoisotopic (exact) mass is 379 g/mol. The van der Waals surface area contributed by atoms with Gasteiger partial charge in [0.25, 0.3) is 0 Å². The van der Waals surface area contributed by atoms with Crippen molar-refractivity contribution in [3.05, 3.63) is 54.1 Å². The highest BCUT2D eigenvalue weighted by Crippen LogP contribution is 2.31. The average molecular weight is 379 g/mol. The van der Waals surface area contributed by atoms with Gasteiger partial charge in [-0.2, -0.15) is 0 Å². The maximum absolute atomic E-state index is 13.2. The third kappa shape index (κ3) is 4.06. The Hall–Kier alpha value is -3.15. The Morgan fingerprint density at radius 1 is 0.929 bits per heavy atom. The maximum Gasteiger partial charge on any atom is 0.242 e. The summed E-state index contributed by atoms with van der Waals surface area (Å²) in [6, 6.07) is 14.6. The molecule has 0 bridgehead atoms. The SMILES string of the molecule is CC(=O)Nc1ccc(NC(=O)C(C)(C)C(=O)N2CCCc3ccccc32)cc1. The van der Waals surface area contributed by atoms with Gasteiger partial charge in [-0.25, -0.2) is 0 Å². The first-order chi connectivity index (χ1) is 13.3. The minimum Gasteiger partial charge on any atom is -0.326 e. The van der Waals surface area contributed by atoms with Crippen molar-refractivity contribution in [2.45, 2.75) is 33.6 Å². The van der Waals surface area contributed by atoms with Crippen LogP contribution in [-0.2, 0) is 20.8 Å². The highest BCUT2D eigenvalue weighted by atomic mass is 16.2. The lowest BCUT2D eigenvalue weighted by molar-refractivity contribution is -0.136. The summed E-state index contributed by atoms with van der Waals surface area (Å²) in [5.74, 6) is -0.745. The van der Waals surface area contributed by atoms with Crippen LogP contribution in [0, 0.1) is 5.41 Å². The molecule has 0 atom stereocenters. The van der Waals surface area contributed by atoms with Crippen LogP contribution in [0.15, 0.2) is 48.5 Å². The zero-order valence-corrected chi connectivity index (χ0v) is 16.4. The van der Waals surface area contributed by atoms with Gasteiger partial charge in [-0.1, -0.05) is 18.2 Å². The van der Waals surface area contributed by atoms with Crippen molar-refractivity contribution in [3.63, 3.8) is 0 Å². The van der Waals surface area contributed by atoms with E-state index < -0.39 is 5.41 Å². The standard InChI is InChI=1S/C22H25N3O3/c1-15(26)23-17-10-12-18(13-11-17)24-20(27)22(2,3)21(28)25-14-6-8-16-7-4-5-9-19(16)25/h4-5,7,9-13H,6,8,14H2,1-3H3,(H,23,26)(H,24,27). The highest BCUT2D eigenvalue weighted by Gasteiger charge is 2.40. The minimum atomic E-state index is -1.22. The quantitative estimate of drug-likeness (QED) is 0.797. The molecular formula is C22H25N3O3. The highest BCUT2D eigenvalue weighted by molar-refractivity contribution is 6.15. The molecule has 3 rings (SSSR count). The molecule has 1 aliphatic heterocycles. The Kier molecular flexibility index (Phi) is 5.49. The number of anilines is 3. The Bertz CT molecular complexity index is 903. The largest absolute Gasteiger partial charge is 0.326 e. The van der Waals surface area contributed by atoms with E-state index in [0.29, 0.717) is 17.9 Å². The molecule has 0 saturated carbocycles. The van der Waals surface area contributed by atoms with Gasteiger partial charge < -0.3 is 15.5 Å². The summed E-state index contributed by atoms with van der Waals surface area (Å²) in [5.41, 5.74) is 2.01. The fraction of sp³-hybridized carbons (Fsp3) is 0.318. The number of para-hydroxylation sites is 1. The molecule has 0 fully saturated rings. The number of benzene rings is 2. The van der Waals surface area contributed by atoms with Crippen molar-refractivity contribution in [1.29, 1.82) is 0 Å². The lowest BCUT2D eigenvalue weighted by atomic mass is 9.88. The molecule has 28 heavy (non-hydrogen) atoms. The van der Waals surface area contributed by atoms with Crippen LogP contribution in [0.5, 0.6) is 0 Å². The number of carbonyl (C=O) groups excluding carboxylic acids is 3. The van der Waals surface area contributed by atoms with E-state index in [4.69, 9.17) is 0 Å². The van der Waals surface area contributed by atoms with Crippen LogP contribution in [0.2, 0.25) is 0 Å². The van der Waals surface area contributed by atoms with Crippen LogP contribution in [0.4, 0.5) is 17.1 Å². The van der Waals surface area contributed by atoms with Crippen molar-refractivity contribution < 1.29 is 14.4 Å².